The van der Waals surface area contributed by atoms with Gasteiger partial charge < -0.3 is 24.6 Å². The van der Waals surface area contributed by atoms with Crippen molar-refractivity contribution in [2.75, 3.05) is 23.0 Å². The first-order valence-electron chi connectivity index (χ1n) is 16.2. The SMILES string of the molecule is C=CCN1C(=O)[C@]2(O[C@H](CCn3cc([C@H](O)c4ccccc4)nn3)[C@@H](C(C)(C)O)[C@@H]2C)c2cc(N3C(=O)COc4ccccc43)ccc21. The van der Waals surface area contributed by atoms with Gasteiger partial charge in [0.15, 0.2) is 12.2 Å². The van der Waals surface area contributed by atoms with Gasteiger partial charge in [-0.2, -0.15) is 0 Å². The molecule has 2 amide bonds. The Morgan fingerprint density at radius 2 is 1.83 bits per heavy atom. The van der Waals surface area contributed by atoms with Crippen molar-refractivity contribution in [3.63, 3.8) is 0 Å². The molecule has 248 valence electrons. The van der Waals surface area contributed by atoms with E-state index < -0.39 is 35.2 Å². The van der Waals surface area contributed by atoms with Gasteiger partial charge in [0, 0.05) is 36.2 Å². The Kier molecular flexibility index (Phi) is 7.93. The van der Waals surface area contributed by atoms with Gasteiger partial charge in [-0.1, -0.05) is 60.7 Å². The van der Waals surface area contributed by atoms with Crippen molar-refractivity contribution in [1.29, 1.82) is 0 Å². The molecular weight excluding hydrogens is 610 g/mol. The van der Waals surface area contributed by atoms with E-state index >= 15 is 0 Å². The molecule has 3 aliphatic rings. The number of aliphatic hydroxyl groups excluding tert-OH is 1. The molecule has 11 heteroatoms. The number of hydrogen-bond donors (Lipinski definition) is 2. The number of aromatic nitrogens is 3. The van der Waals surface area contributed by atoms with Gasteiger partial charge in [-0.3, -0.25) is 19.2 Å². The van der Waals surface area contributed by atoms with Crippen LogP contribution in [0.1, 0.15) is 50.1 Å². The Morgan fingerprint density at radius 1 is 1.08 bits per heavy atom. The number of hydrogen-bond acceptors (Lipinski definition) is 8. The highest BCUT2D eigenvalue weighted by atomic mass is 16.5. The Hall–Kier alpha value is -4.84. The Labute approximate surface area is 279 Å². The second-order valence-corrected chi connectivity index (χ2v) is 13.3. The first-order valence-corrected chi connectivity index (χ1v) is 16.2. The molecule has 0 bridgehead atoms. The number of carbonyl (C=O) groups is 2. The number of nitrogens with zero attached hydrogens (tertiary/aromatic N) is 5. The fraction of sp³-hybridized carbons (Fsp3) is 0.351. The van der Waals surface area contributed by atoms with Crippen molar-refractivity contribution < 1.29 is 29.3 Å². The summed E-state index contributed by atoms with van der Waals surface area (Å²) in [5, 5.41) is 30.8. The van der Waals surface area contributed by atoms with E-state index in [-0.39, 0.29) is 25.0 Å². The first-order chi connectivity index (χ1) is 23.0. The van der Waals surface area contributed by atoms with Gasteiger partial charge in [0.1, 0.15) is 17.5 Å². The summed E-state index contributed by atoms with van der Waals surface area (Å²) in [4.78, 5) is 31.1. The van der Waals surface area contributed by atoms with Crippen LogP contribution in [-0.2, 0) is 26.5 Å². The average molecular weight is 650 g/mol. The number of para-hydroxylation sites is 2. The van der Waals surface area contributed by atoms with E-state index in [0.717, 1.165) is 0 Å². The van der Waals surface area contributed by atoms with E-state index in [4.69, 9.17) is 9.47 Å². The van der Waals surface area contributed by atoms with Gasteiger partial charge in [0.25, 0.3) is 11.8 Å². The summed E-state index contributed by atoms with van der Waals surface area (Å²) in [6.45, 7) is 9.87. The maximum Gasteiger partial charge on any atom is 0.269 e. The lowest BCUT2D eigenvalue weighted by atomic mass is 9.70. The third-order valence-corrected chi connectivity index (χ3v) is 9.84. The fourth-order valence-electron chi connectivity index (χ4n) is 7.78. The van der Waals surface area contributed by atoms with Crippen LogP contribution in [0.15, 0.2) is 91.6 Å². The van der Waals surface area contributed by atoms with Crippen LogP contribution in [0, 0.1) is 11.8 Å². The summed E-state index contributed by atoms with van der Waals surface area (Å²) >= 11 is 0. The highest BCUT2D eigenvalue weighted by molar-refractivity contribution is 6.10. The smallest absolute Gasteiger partial charge is 0.269 e. The molecule has 1 aromatic heterocycles. The molecule has 1 saturated heterocycles. The zero-order chi connectivity index (χ0) is 33.8. The summed E-state index contributed by atoms with van der Waals surface area (Å²) in [7, 11) is 0. The van der Waals surface area contributed by atoms with Gasteiger partial charge >= 0.3 is 0 Å². The molecule has 5 atom stereocenters. The summed E-state index contributed by atoms with van der Waals surface area (Å²) < 4.78 is 14.3. The molecule has 1 fully saturated rings. The number of ether oxygens (including phenoxy) is 2. The van der Waals surface area contributed by atoms with Crippen molar-refractivity contribution in [1.82, 2.24) is 15.0 Å². The highest BCUT2D eigenvalue weighted by Crippen LogP contribution is 2.58. The molecule has 0 saturated carbocycles. The van der Waals surface area contributed by atoms with Crippen molar-refractivity contribution in [3.05, 3.63) is 108 Å². The van der Waals surface area contributed by atoms with Crippen molar-refractivity contribution in [2.45, 2.75) is 57.1 Å². The van der Waals surface area contributed by atoms with E-state index in [9.17, 15) is 19.8 Å². The Morgan fingerprint density at radius 3 is 2.58 bits per heavy atom. The predicted molar refractivity (Wildman–Crippen MR) is 179 cm³/mol. The minimum Gasteiger partial charge on any atom is -0.482 e. The molecule has 4 aromatic rings. The molecule has 0 unspecified atom stereocenters. The lowest BCUT2D eigenvalue weighted by Crippen LogP contribution is -2.46. The van der Waals surface area contributed by atoms with Crippen LogP contribution in [0.3, 0.4) is 0 Å². The minimum absolute atomic E-state index is 0.108. The van der Waals surface area contributed by atoms with Crippen LogP contribution in [0.4, 0.5) is 17.1 Å². The Bertz CT molecular complexity index is 1870. The molecule has 11 nitrogen and oxygen atoms in total. The summed E-state index contributed by atoms with van der Waals surface area (Å²) in [5.41, 5.74) is 1.04. The van der Waals surface area contributed by atoms with Gasteiger partial charge in [0.2, 0.25) is 0 Å². The molecule has 3 aliphatic heterocycles. The van der Waals surface area contributed by atoms with Gasteiger partial charge in [-0.05, 0) is 56.2 Å². The van der Waals surface area contributed by atoms with Crippen molar-refractivity contribution in [3.8, 4) is 5.75 Å². The zero-order valence-corrected chi connectivity index (χ0v) is 27.2. The topological polar surface area (TPSA) is 130 Å². The molecule has 2 N–H and O–H groups in total. The third kappa shape index (κ3) is 5.09. The number of amides is 2. The maximum atomic E-state index is 14.6. The Balaban J connectivity index is 1.24. The van der Waals surface area contributed by atoms with Crippen LogP contribution in [0.5, 0.6) is 5.75 Å². The van der Waals surface area contributed by atoms with E-state index in [1.165, 1.54) is 0 Å². The molecule has 48 heavy (non-hydrogen) atoms. The van der Waals surface area contributed by atoms with Crippen molar-refractivity contribution in [2.24, 2.45) is 11.8 Å². The molecular formula is C37H39N5O6. The van der Waals surface area contributed by atoms with Crippen LogP contribution < -0.4 is 14.5 Å². The number of anilines is 3. The maximum absolute atomic E-state index is 14.6. The summed E-state index contributed by atoms with van der Waals surface area (Å²) in [6, 6.07) is 22.1. The molecule has 4 heterocycles. The van der Waals surface area contributed by atoms with E-state index in [0.29, 0.717) is 52.6 Å². The van der Waals surface area contributed by atoms with Gasteiger partial charge in [-0.25, -0.2) is 0 Å². The second kappa shape index (κ2) is 12.0. The standard InChI is InChI=1S/C37H39N5O6/c1-5-18-41-28-16-15-25(42-29-13-9-10-14-30(29)47-22-32(42)43)20-26(28)37(35(41)45)23(2)33(36(3,4)46)31(48-37)17-19-40-21-27(38-39-40)34(44)24-11-7-6-8-12-24/h5-16,20-21,23,31,33-34,44,46H,1,17-19,22H2,2-4H3/t23-,31+,33-,34+,37+/m0/s1. The average Bonchev–Trinajstić information content (AvgIpc) is 3.74. The van der Waals surface area contributed by atoms with E-state index in [2.05, 4.69) is 16.9 Å². The van der Waals surface area contributed by atoms with Crippen LogP contribution in [0.25, 0.3) is 0 Å². The monoisotopic (exact) mass is 649 g/mol. The molecule has 0 aliphatic carbocycles. The number of aliphatic hydroxyl groups is 2. The van der Waals surface area contributed by atoms with Crippen LogP contribution in [-0.4, -0.2) is 61.9 Å². The highest BCUT2D eigenvalue weighted by Gasteiger charge is 2.65. The van der Waals surface area contributed by atoms with Crippen LogP contribution >= 0.6 is 0 Å². The quantitative estimate of drug-likeness (QED) is 0.251. The second-order valence-electron chi connectivity index (χ2n) is 13.3. The van der Waals surface area contributed by atoms with Crippen LogP contribution in [0.2, 0.25) is 0 Å². The molecule has 1 spiro atoms. The number of aryl methyl sites for hydroxylation is 1. The van der Waals surface area contributed by atoms with Gasteiger partial charge in [0.05, 0.1) is 29.3 Å². The zero-order valence-electron chi connectivity index (χ0n) is 27.2. The largest absolute Gasteiger partial charge is 0.482 e. The normalized spacial score (nSPS) is 24.1. The summed E-state index contributed by atoms with van der Waals surface area (Å²) in [5.74, 6) is -0.756. The van der Waals surface area contributed by atoms with E-state index in [1.54, 1.807) is 40.6 Å². The fourth-order valence-corrected chi connectivity index (χ4v) is 7.78. The lowest BCUT2D eigenvalue weighted by molar-refractivity contribution is -0.146. The minimum atomic E-state index is -1.42. The van der Waals surface area contributed by atoms with Gasteiger partial charge in [-0.15, -0.1) is 11.7 Å². The lowest BCUT2D eigenvalue weighted by Gasteiger charge is -2.34. The molecule has 0 radical (unpaired) electrons. The number of fused-ring (bicyclic) bond motifs is 3. The third-order valence-electron chi connectivity index (χ3n) is 9.84. The molecule has 3 aromatic carbocycles. The number of carbonyl (C=O) groups excluding carboxylic acids is 2. The first kappa shape index (κ1) is 31.7. The summed E-state index contributed by atoms with van der Waals surface area (Å²) in [6.07, 6.45) is 2.34. The number of rotatable bonds is 9. The number of benzene rings is 3. The van der Waals surface area contributed by atoms with Crippen molar-refractivity contribution >= 4 is 28.9 Å². The molecule has 7 rings (SSSR count). The predicted octanol–water partition coefficient (Wildman–Crippen LogP) is 4.66. The van der Waals surface area contributed by atoms with E-state index in [1.807, 2.05) is 79.7 Å².